The van der Waals surface area contributed by atoms with Crippen LogP contribution in [0.2, 0.25) is 0 Å². The van der Waals surface area contributed by atoms with Gasteiger partial charge in [0, 0.05) is 5.75 Å². The summed E-state index contributed by atoms with van der Waals surface area (Å²) in [5.74, 6) is 0.940. The lowest BCUT2D eigenvalue weighted by Gasteiger charge is -2.19. The van der Waals surface area contributed by atoms with Crippen molar-refractivity contribution in [1.29, 1.82) is 0 Å². The molecule has 1 N–H and O–H groups in total. The topological polar surface area (TPSA) is 38.3 Å². The van der Waals surface area contributed by atoms with E-state index in [2.05, 4.69) is 11.6 Å². The lowest BCUT2D eigenvalue weighted by Crippen LogP contribution is -2.29. The Kier molecular flexibility index (Phi) is 11.5. The Hall–Kier alpha value is -0.380. The Bertz CT molecular complexity index is 155. The largest absolute Gasteiger partial charge is 0.443 e. The van der Waals surface area contributed by atoms with Crippen LogP contribution in [-0.2, 0) is 4.74 Å². The second-order valence-corrected chi connectivity index (χ2v) is 4.71. The van der Waals surface area contributed by atoms with Gasteiger partial charge in [-0.1, -0.05) is 27.2 Å². The molecule has 0 aliphatic carbocycles. The monoisotopic (exact) mass is 235 g/mol. The summed E-state index contributed by atoms with van der Waals surface area (Å²) in [4.78, 5) is 11.1. The molecule has 0 fully saturated rings. The number of carbonyl (C=O) groups excluding carboxylic acids is 1. The Labute approximate surface area is 98.5 Å². The second-order valence-electron chi connectivity index (χ2n) is 3.81. The lowest BCUT2D eigenvalue weighted by atomic mass is 10.2. The summed E-state index contributed by atoms with van der Waals surface area (Å²) in [6.07, 6.45) is 1.90. The third kappa shape index (κ3) is 16.3. The molecule has 0 heterocycles. The summed E-state index contributed by atoms with van der Waals surface area (Å²) in [6, 6.07) is 0. The highest BCUT2D eigenvalue weighted by molar-refractivity contribution is 7.97. The van der Waals surface area contributed by atoms with Crippen molar-refractivity contribution in [2.24, 2.45) is 0 Å². The molecule has 0 aromatic heterocycles. The van der Waals surface area contributed by atoms with Gasteiger partial charge in [-0.05, 0) is 39.1 Å². The molecule has 92 valence electrons. The van der Waals surface area contributed by atoms with Crippen LogP contribution in [0.1, 0.15) is 54.4 Å². The Balaban J connectivity index is 0. The van der Waals surface area contributed by atoms with Gasteiger partial charge in [0.15, 0.2) is 0 Å². The van der Waals surface area contributed by atoms with Gasteiger partial charge in [-0.15, -0.1) is 0 Å². The standard InChI is InChI=1S/C9H19NO2S.C2H6/c1-5-6-7-13-10-8(11)12-9(2,3)4;1-2/h5-7H2,1-4H3,(H,10,11);1-2H3. The molecule has 0 radical (unpaired) electrons. The molecule has 4 heteroatoms. The summed E-state index contributed by atoms with van der Waals surface area (Å²) in [5, 5.41) is 0. The van der Waals surface area contributed by atoms with E-state index >= 15 is 0 Å². The number of ether oxygens (including phenoxy) is 1. The van der Waals surface area contributed by atoms with Crippen LogP contribution in [0.5, 0.6) is 0 Å². The first-order chi connectivity index (χ1) is 6.95. The fourth-order valence-electron chi connectivity index (χ4n) is 0.625. The van der Waals surface area contributed by atoms with Crippen LogP contribution < -0.4 is 4.72 Å². The highest BCUT2D eigenvalue weighted by Crippen LogP contribution is 2.08. The first-order valence-corrected chi connectivity index (χ1v) is 6.55. The lowest BCUT2D eigenvalue weighted by molar-refractivity contribution is 0.0574. The van der Waals surface area contributed by atoms with E-state index < -0.39 is 5.60 Å². The van der Waals surface area contributed by atoms with Crippen molar-refractivity contribution >= 4 is 18.0 Å². The van der Waals surface area contributed by atoms with Gasteiger partial charge < -0.3 is 4.74 Å². The van der Waals surface area contributed by atoms with Crippen LogP contribution in [0, 0.1) is 0 Å². The van der Waals surface area contributed by atoms with E-state index in [1.807, 2.05) is 34.6 Å². The summed E-state index contributed by atoms with van der Waals surface area (Å²) < 4.78 is 7.68. The van der Waals surface area contributed by atoms with Crippen molar-refractivity contribution in [3.05, 3.63) is 0 Å². The maximum Gasteiger partial charge on any atom is 0.417 e. The van der Waals surface area contributed by atoms with Crippen LogP contribution in [0.15, 0.2) is 0 Å². The normalized spacial score (nSPS) is 10.0. The van der Waals surface area contributed by atoms with E-state index in [-0.39, 0.29) is 6.09 Å². The molecule has 3 nitrogen and oxygen atoms in total. The van der Waals surface area contributed by atoms with Crippen LogP contribution >= 0.6 is 11.9 Å². The summed E-state index contributed by atoms with van der Waals surface area (Å²) in [5.41, 5.74) is -0.407. The van der Waals surface area contributed by atoms with Crippen LogP contribution in [0.4, 0.5) is 4.79 Å². The number of amides is 1. The molecule has 0 saturated heterocycles. The first kappa shape index (κ1) is 17.0. The maximum absolute atomic E-state index is 11.1. The van der Waals surface area contributed by atoms with Crippen molar-refractivity contribution in [1.82, 2.24) is 4.72 Å². The zero-order valence-corrected chi connectivity index (χ0v) is 11.7. The number of rotatable bonds is 4. The molecule has 0 spiro atoms. The van der Waals surface area contributed by atoms with Crippen molar-refractivity contribution in [2.45, 2.75) is 60.0 Å². The van der Waals surface area contributed by atoms with E-state index in [9.17, 15) is 4.79 Å². The van der Waals surface area contributed by atoms with Gasteiger partial charge in [0.1, 0.15) is 5.60 Å². The molecule has 0 saturated carbocycles. The molecule has 0 aromatic carbocycles. The van der Waals surface area contributed by atoms with Crippen molar-refractivity contribution in [2.75, 3.05) is 5.75 Å². The Morgan fingerprint density at radius 3 is 2.27 bits per heavy atom. The molecule has 0 rings (SSSR count). The number of carbonyl (C=O) groups is 1. The van der Waals surface area contributed by atoms with Gasteiger partial charge in [0.05, 0.1) is 0 Å². The van der Waals surface area contributed by atoms with Gasteiger partial charge in [-0.3, -0.25) is 4.72 Å². The van der Waals surface area contributed by atoms with Gasteiger partial charge in [-0.25, -0.2) is 4.79 Å². The SMILES string of the molecule is CC.CCCCSNC(=O)OC(C)(C)C. The van der Waals surface area contributed by atoms with Gasteiger partial charge in [0.25, 0.3) is 0 Å². The maximum atomic E-state index is 11.1. The number of unbranched alkanes of at least 4 members (excludes halogenated alkanes) is 1. The second kappa shape index (κ2) is 10.1. The third-order valence-electron chi connectivity index (χ3n) is 1.15. The quantitative estimate of drug-likeness (QED) is 0.591. The van der Waals surface area contributed by atoms with E-state index in [4.69, 9.17) is 4.74 Å². The Morgan fingerprint density at radius 2 is 1.87 bits per heavy atom. The van der Waals surface area contributed by atoms with Crippen LogP contribution in [0.25, 0.3) is 0 Å². The van der Waals surface area contributed by atoms with Crippen LogP contribution in [-0.4, -0.2) is 17.4 Å². The molecule has 0 aliphatic rings. The summed E-state index contributed by atoms with van der Waals surface area (Å²) in [7, 11) is 0. The minimum Gasteiger partial charge on any atom is -0.443 e. The summed E-state index contributed by atoms with van der Waals surface area (Å²) >= 11 is 1.40. The predicted octanol–water partition coefficient (Wildman–Crippen LogP) is 3.99. The number of hydrogen-bond acceptors (Lipinski definition) is 3. The minimum atomic E-state index is -0.407. The number of nitrogens with one attached hydrogen (secondary N) is 1. The predicted molar refractivity (Wildman–Crippen MR) is 68.1 cm³/mol. The fourth-order valence-corrected chi connectivity index (χ4v) is 1.32. The molecule has 0 bridgehead atoms. The fraction of sp³-hybridized carbons (Fsp3) is 0.909. The molecule has 0 atom stereocenters. The van der Waals surface area contributed by atoms with Crippen molar-refractivity contribution < 1.29 is 9.53 Å². The average Bonchev–Trinajstić information content (AvgIpc) is 2.13. The first-order valence-electron chi connectivity index (χ1n) is 5.56. The average molecular weight is 235 g/mol. The van der Waals surface area contributed by atoms with E-state index in [1.54, 1.807) is 0 Å². The molecular weight excluding hydrogens is 210 g/mol. The van der Waals surface area contributed by atoms with E-state index in [1.165, 1.54) is 11.9 Å². The Morgan fingerprint density at radius 1 is 1.33 bits per heavy atom. The zero-order chi connectivity index (χ0) is 12.3. The number of hydrogen-bond donors (Lipinski definition) is 1. The third-order valence-corrected chi connectivity index (χ3v) is 1.96. The summed E-state index contributed by atoms with van der Waals surface area (Å²) in [6.45, 7) is 11.7. The highest BCUT2D eigenvalue weighted by atomic mass is 32.2. The van der Waals surface area contributed by atoms with E-state index in [0.717, 1.165) is 18.6 Å². The zero-order valence-electron chi connectivity index (χ0n) is 10.8. The van der Waals surface area contributed by atoms with Crippen molar-refractivity contribution in [3.8, 4) is 0 Å². The van der Waals surface area contributed by atoms with E-state index in [0.29, 0.717) is 0 Å². The molecule has 1 amide bonds. The molecular formula is C11H25NO2S. The molecule has 15 heavy (non-hydrogen) atoms. The molecule has 0 aliphatic heterocycles. The van der Waals surface area contributed by atoms with Crippen LogP contribution in [0.3, 0.4) is 0 Å². The van der Waals surface area contributed by atoms with Gasteiger partial charge in [0.2, 0.25) is 0 Å². The van der Waals surface area contributed by atoms with Gasteiger partial charge in [-0.2, -0.15) is 0 Å². The smallest absolute Gasteiger partial charge is 0.417 e. The van der Waals surface area contributed by atoms with Gasteiger partial charge >= 0.3 is 6.09 Å². The molecule has 0 aromatic rings. The van der Waals surface area contributed by atoms with Crippen molar-refractivity contribution in [3.63, 3.8) is 0 Å². The molecule has 0 unspecified atom stereocenters. The highest BCUT2D eigenvalue weighted by Gasteiger charge is 2.15. The minimum absolute atomic E-state index is 0.353.